The first kappa shape index (κ1) is 15.2. The molecule has 6 heteroatoms. The smallest absolute Gasteiger partial charge is 0.286 e. The number of amides is 2. The highest BCUT2D eigenvalue weighted by Gasteiger charge is 2.08. The maximum absolute atomic E-state index is 11.5. The predicted octanol–water partition coefficient (Wildman–Crippen LogP) is 0.942. The van der Waals surface area contributed by atoms with E-state index in [9.17, 15) is 9.59 Å². The number of rotatable bonds is 9. The molecule has 0 aliphatic rings. The molecule has 0 unspecified atom stereocenters. The Kier molecular flexibility index (Phi) is 7.34. The van der Waals surface area contributed by atoms with E-state index < -0.39 is 0 Å². The highest BCUT2D eigenvalue weighted by molar-refractivity contribution is 5.91. The van der Waals surface area contributed by atoms with Crippen molar-refractivity contribution in [3.63, 3.8) is 0 Å². The van der Waals surface area contributed by atoms with Gasteiger partial charge in [-0.2, -0.15) is 0 Å². The molecule has 1 heterocycles. The summed E-state index contributed by atoms with van der Waals surface area (Å²) in [6, 6.07) is 3.21. The molecule has 0 fully saturated rings. The van der Waals surface area contributed by atoms with Gasteiger partial charge in [0.1, 0.15) is 0 Å². The maximum Gasteiger partial charge on any atom is 0.286 e. The lowest BCUT2D eigenvalue weighted by atomic mass is 10.3. The van der Waals surface area contributed by atoms with Gasteiger partial charge in [0, 0.05) is 32.7 Å². The molecule has 1 aromatic heterocycles. The fourth-order valence-electron chi connectivity index (χ4n) is 1.42. The van der Waals surface area contributed by atoms with Gasteiger partial charge in [0.2, 0.25) is 5.91 Å². The standard InChI is InChI=1S/C13H20N2O4/c1-2-18-9-4-7-14-12(16)6-8-15-13(17)11-5-3-10-19-11/h3,5,10H,2,4,6-9H2,1H3,(H,14,16)(H,15,17). The molecular formula is C13H20N2O4. The number of hydrogen-bond donors (Lipinski definition) is 2. The summed E-state index contributed by atoms with van der Waals surface area (Å²) < 4.78 is 10.1. The molecule has 0 saturated heterocycles. The van der Waals surface area contributed by atoms with E-state index in [1.54, 1.807) is 12.1 Å². The fourth-order valence-corrected chi connectivity index (χ4v) is 1.42. The van der Waals surface area contributed by atoms with Gasteiger partial charge >= 0.3 is 0 Å². The summed E-state index contributed by atoms with van der Waals surface area (Å²) in [6.07, 6.45) is 2.47. The predicted molar refractivity (Wildman–Crippen MR) is 69.8 cm³/mol. The molecule has 0 aliphatic heterocycles. The van der Waals surface area contributed by atoms with E-state index in [4.69, 9.17) is 9.15 Å². The molecule has 0 saturated carbocycles. The fraction of sp³-hybridized carbons (Fsp3) is 0.538. The molecule has 1 rings (SSSR count). The second-order valence-corrected chi connectivity index (χ2v) is 3.88. The first-order valence-electron chi connectivity index (χ1n) is 6.40. The van der Waals surface area contributed by atoms with Crippen molar-refractivity contribution in [3.8, 4) is 0 Å². The van der Waals surface area contributed by atoms with Gasteiger partial charge in [-0.1, -0.05) is 0 Å². The van der Waals surface area contributed by atoms with Gasteiger partial charge in [0.05, 0.1) is 6.26 Å². The van der Waals surface area contributed by atoms with E-state index in [-0.39, 0.29) is 30.5 Å². The number of ether oxygens (including phenoxy) is 1. The largest absolute Gasteiger partial charge is 0.459 e. The van der Waals surface area contributed by atoms with Crippen molar-refractivity contribution in [2.75, 3.05) is 26.3 Å². The van der Waals surface area contributed by atoms with E-state index in [2.05, 4.69) is 10.6 Å². The molecule has 0 aromatic carbocycles. The topological polar surface area (TPSA) is 80.6 Å². The monoisotopic (exact) mass is 268 g/mol. The van der Waals surface area contributed by atoms with E-state index in [0.29, 0.717) is 19.8 Å². The summed E-state index contributed by atoms with van der Waals surface area (Å²) in [6.45, 7) is 4.14. The van der Waals surface area contributed by atoms with Gasteiger partial charge < -0.3 is 19.8 Å². The van der Waals surface area contributed by atoms with Crippen LogP contribution in [0.2, 0.25) is 0 Å². The molecule has 6 nitrogen and oxygen atoms in total. The van der Waals surface area contributed by atoms with Gasteiger partial charge in [-0.05, 0) is 25.5 Å². The minimum absolute atomic E-state index is 0.0868. The van der Waals surface area contributed by atoms with Crippen LogP contribution in [-0.2, 0) is 9.53 Å². The second kappa shape index (κ2) is 9.16. The van der Waals surface area contributed by atoms with Gasteiger partial charge in [0.25, 0.3) is 5.91 Å². The quantitative estimate of drug-likeness (QED) is 0.653. The van der Waals surface area contributed by atoms with Crippen molar-refractivity contribution in [3.05, 3.63) is 24.2 Å². The van der Waals surface area contributed by atoms with Crippen molar-refractivity contribution >= 4 is 11.8 Å². The molecule has 2 N–H and O–H groups in total. The first-order valence-corrected chi connectivity index (χ1v) is 6.40. The molecule has 1 aromatic rings. The van der Waals surface area contributed by atoms with Gasteiger partial charge in [-0.25, -0.2) is 0 Å². The average Bonchev–Trinajstić information content (AvgIpc) is 2.92. The van der Waals surface area contributed by atoms with Crippen molar-refractivity contribution in [1.82, 2.24) is 10.6 Å². The van der Waals surface area contributed by atoms with Crippen molar-refractivity contribution in [2.45, 2.75) is 19.8 Å². The highest BCUT2D eigenvalue weighted by Crippen LogP contribution is 1.98. The van der Waals surface area contributed by atoms with Crippen LogP contribution in [0.1, 0.15) is 30.3 Å². The number of carbonyl (C=O) groups is 2. The maximum atomic E-state index is 11.5. The zero-order valence-electron chi connectivity index (χ0n) is 11.1. The van der Waals surface area contributed by atoms with E-state index in [1.807, 2.05) is 6.92 Å². The van der Waals surface area contributed by atoms with Crippen molar-refractivity contribution in [1.29, 1.82) is 0 Å². The van der Waals surface area contributed by atoms with Crippen LogP contribution in [0.5, 0.6) is 0 Å². The molecule has 0 radical (unpaired) electrons. The lowest BCUT2D eigenvalue weighted by Crippen LogP contribution is -2.31. The first-order chi connectivity index (χ1) is 9.24. The Labute approximate surface area is 112 Å². The molecule has 0 spiro atoms. The van der Waals surface area contributed by atoms with Crippen LogP contribution in [0.15, 0.2) is 22.8 Å². The second-order valence-electron chi connectivity index (χ2n) is 3.88. The van der Waals surface area contributed by atoms with Gasteiger partial charge in [-0.15, -0.1) is 0 Å². The summed E-state index contributed by atoms with van der Waals surface area (Å²) in [5.74, 6) is -0.150. The van der Waals surface area contributed by atoms with Gasteiger partial charge in [-0.3, -0.25) is 9.59 Å². The third-order valence-corrected chi connectivity index (χ3v) is 2.37. The Hall–Kier alpha value is -1.82. The molecule has 2 amide bonds. The minimum atomic E-state index is -0.311. The molecule has 19 heavy (non-hydrogen) atoms. The van der Waals surface area contributed by atoms with Gasteiger partial charge in [0.15, 0.2) is 5.76 Å². The summed E-state index contributed by atoms with van der Waals surface area (Å²) >= 11 is 0. The van der Waals surface area contributed by atoms with Crippen molar-refractivity contribution < 1.29 is 18.7 Å². The number of hydrogen-bond acceptors (Lipinski definition) is 4. The Balaban J connectivity index is 2.02. The summed E-state index contributed by atoms with van der Waals surface area (Å²) in [7, 11) is 0. The number of furan rings is 1. The zero-order valence-corrected chi connectivity index (χ0v) is 11.1. The van der Waals surface area contributed by atoms with E-state index in [0.717, 1.165) is 6.42 Å². The van der Waals surface area contributed by atoms with Crippen LogP contribution in [0, 0.1) is 0 Å². The molecule has 0 aliphatic carbocycles. The number of nitrogens with one attached hydrogen (secondary N) is 2. The van der Waals surface area contributed by atoms with Crippen LogP contribution >= 0.6 is 0 Å². The average molecular weight is 268 g/mol. The molecule has 0 atom stereocenters. The van der Waals surface area contributed by atoms with Crippen molar-refractivity contribution in [2.24, 2.45) is 0 Å². The number of carbonyl (C=O) groups excluding carboxylic acids is 2. The van der Waals surface area contributed by atoms with E-state index >= 15 is 0 Å². The molecule has 106 valence electrons. The lowest BCUT2D eigenvalue weighted by molar-refractivity contribution is -0.120. The SMILES string of the molecule is CCOCCCNC(=O)CCNC(=O)c1ccco1. The van der Waals surface area contributed by atoms with Crippen LogP contribution < -0.4 is 10.6 Å². The Morgan fingerprint density at radius 3 is 2.84 bits per heavy atom. The van der Waals surface area contributed by atoms with Crippen LogP contribution in [0.4, 0.5) is 0 Å². The Morgan fingerprint density at radius 1 is 1.32 bits per heavy atom. The minimum Gasteiger partial charge on any atom is -0.459 e. The van der Waals surface area contributed by atoms with Crippen LogP contribution in [0.3, 0.4) is 0 Å². The summed E-state index contributed by atoms with van der Waals surface area (Å²) in [5.41, 5.74) is 0. The van der Waals surface area contributed by atoms with E-state index in [1.165, 1.54) is 6.26 Å². The zero-order chi connectivity index (χ0) is 13.9. The lowest BCUT2D eigenvalue weighted by Gasteiger charge is -2.06. The molecular weight excluding hydrogens is 248 g/mol. The third kappa shape index (κ3) is 6.61. The highest BCUT2D eigenvalue weighted by atomic mass is 16.5. The Morgan fingerprint density at radius 2 is 2.16 bits per heavy atom. The Bertz CT molecular complexity index is 376. The summed E-state index contributed by atoms with van der Waals surface area (Å²) in [5, 5.41) is 5.36. The van der Waals surface area contributed by atoms with Crippen LogP contribution in [-0.4, -0.2) is 38.1 Å². The molecule has 0 bridgehead atoms. The summed E-state index contributed by atoms with van der Waals surface area (Å²) in [4.78, 5) is 22.9. The van der Waals surface area contributed by atoms with Crippen LogP contribution in [0.25, 0.3) is 0 Å². The normalized spacial score (nSPS) is 10.2. The third-order valence-electron chi connectivity index (χ3n) is 2.37.